The zero-order valence-corrected chi connectivity index (χ0v) is 15.7. The summed E-state index contributed by atoms with van der Waals surface area (Å²) in [5, 5.41) is 9.35. The highest BCUT2D eigenvalue weighted by molar-refractivity contribution is 6.04. The van der Waals surface area contributed by atoms with Gasteiger partial charge in [0, 0.05) is 5.39 Å². The Balaban J connectivity index is 2.11. The number of aromatic nitrogens is 2. The van der Waals surface area contributed by atoms with E-state index in [1.807, 2.05) is 18.2 Å². The second-order valence-electron chi connectivity index (χ2n) is 5.79. The fourth-order valence-electron chi connectivity index (χ4n) is 2.77. The average molecular weight is 381 g/mol. The molecule has 0 unspecified atom stereocenters. The maximum atomic E-state index is 12.3. The zero-order chi connectivity index (χ0) is 20.1. The summed E-state index contributed by atoms with van der Waals surface area (Å²) in [5.74, 6) is -2.09. The first kappa shape index (κ1) is 19.1. The van der Waals surface area contributed by atoms with Gasteiger partial charge in [0.1, 0.15) is 5.75 Å². The highest BCUT2D eigenvalue weighted by Gasteiger charge is 2.36. The Morgan fingerprint density at radius 1 is 1.00 bits per heavy atom. The molecule has 28 heavy (non-hydrogen) atoms. The Morgan fingerprint density at radius 2 is 1.64 bits per heavy atom. The van der Waals surface area contributed by atoms with Crippen molar-refractivity contribution in [1.82, 2.24) is 9.89 Å². The van der Waals surface area contributed by atoms with Crippen molar-refractivity contribution in [2.24, 2.45) is 5.10 Å². The molecule has 0 bridgehead atoms. The van der Waals surface area contributed by atoms with Crippen molar-refractivity contribution >= 4 is 29.1 Å². The minimum absolute atomic E-state index is 0.277. The summed E-state index contributed by atoms with van der Waals surface area (Å²) in [6, 6.07) is 14.4. The van der Waals surface area contributed by atoms with E-state index in [1.54, 1.807) is 43.7 Å². The lowest BCUT2D eigenvalue weighted by Crippen LogP contribution is -2.26. The van der Waals surface area contributed by atoms with E-state index in [-0.39, 0.29) is 5.69 Å². The van der Waals surface area contributed by atoms with Crippen molar-refractivity contribution in [3.63, 3.8) is 0 Å². The van der Waals surface area contributed by atoms with Crippen molar-refractivity contribution in [3.05, 3.63) is 59.8 Å². The van der Waals surface area contributed by atoms with Gasteiger partial charge in [0.05, 0.1) is 38.8 Å². The molecule has 0 N–H and O–H groups in total. The molecule has 144 valence electrons. The second kappa shape index (κ2) is 8.34. The third kappa shape index (κ3) is 3.71. The molecule has 0 radical (unpaired) electrons. The normalized spacial score (nSPS) is 11.1. The Labute approximate surface area is 161 Å². The minimum Gasteiger partial charge on any atom is -0.497 e. The molecule has 8 heteroatoms. The number of nitrogens with zero attached hydrogens (tertiary/aromatic N) is 3. The number of hydrogen-bond donors (Lipinski definition) is 0. The van der Waals surface area contributed by atoms with Gasteiger partial charge in [-0.1, -0.05) is 18.2 Å². The third-order valence-electron chi connectivity index (χ3n) is 4.18. The molecule has 3 rings (SSSR count). The Bertz CT molecular complexity index is 1010. The molecule has 0 spiro atoms. The number of esters is 2. The van der Waals surface area contributed by atoms with Gasteiger partial charge in [0.15, 0.2) is 5.92 Å². The number of methoxy groups -OCH3 is 3. The smallest absolute Gasteiger partial charge is 0.326 e. The van der Waals surface area contributed by atoms with Gasteiger partial charge in [-0.3, -0.25) is 9.59 Å². The molecule has 1 aromatic heterocycles. The maximum Gasteiger partial charge on any atom is 0.326 e. The number of fused-ring (bicyclic) bond motifs is 1. The molecule has 0 amide bonds. The topological polar surface area (TPSA) is 92.0 Å². The number of carbonyl (C=O) groups excluding carboxylic acids is 2. The SMILES string of the molecule is COC(=O)C(C(=O)OC)c1c2ccccc2nn1N=Cc1ccc(OC)cc1. The molecular weight excluding hydrogens is 362 g/mol. The first-order valence-corrected chi connectivity index (χ1v) is 8.40. The van der Waals surface area contributed by atoms with Crippen LogP contribution < -0.4 is 4.74 Å². The van der Waals surface area contributed by atoms with Gasteiger partial charge < -0.3 is 14.2 Å². The quantitative estimate of drug-likeness (QED) is 0.370. The van der Waals surface area contributed by atoms with Gasteiger partial charge in [-0.2, -0.15) is 15.0 Å². The molecule has 0 aliphatic carbocycles. The molecule has 0 aliphatic rings. The van der Waals surface area contributed by atoms with Crippen molar-refractivity contribution in [2.75, 3.05) is 21.3 Å². The van der Waals surface area contributed by atoms with Crippen LogP contribution in [0.3, 0.4) is 0 Å². The Morgan fingerprint density at radius 3 is 2.25 bits per heavy atom. The summed E-state index contributed by atoms with van der Waals surface area (Å²) in [7, 11) is 4.01. The molecule has 0 saturated carbocycles. The summed E-state index contributed by atoms with van der Waals surface area (Å²) >= 11 is 0. The van der Waals surface area contributed by atoms with Crippen LogP contribution in [0.15, 0.2) is 53.6 Å². The van der Waals surface area contributed by atoms with Gasteiger partial charge in [0.2, 0.25) is 0 Å². The predicted octanol–water partition coefficient (Wildman–Crippen LogP) is 2.36. The summed E-state index contributed by atoms with van der Waals surface area (Å²) in [4.78, 5) is 25.9. The van der Waals surface area contributed by atoms with Crippen molar-refractivity contribution < 1.29 is 23.8 Å². The van der Waals surface area contributed by atoms with Gasteiger partial charge >= 0.3 is 11.9 Å². The molecule has 0 fully saturated rings. The van der Waals surface area contributed by atoms with Crippen molar-refractivity contribution in [1.29, 1.82) is 0 Å². The molecule has 2 aromatic carbocycles. The first-order valence-electron chi connectivity index (χ1n) is 8.40. The third-order valence-corrected chi connectivity index (χ3v) is 4.18. The number of benzene rings is 2. The summed E-state index contributed by atoms with van der Waals surface area (Å²) < 4.78 is 14.7. The lowest BCUT2D eigenvalue weighted by Gasteiger charge is -2.13. The lowest BCUT2D eigenvalue weighted by atomic mass is 10.0. The van der Waals surface area contributed by atoms with E-state index < -0.39 is 17.9 Å². The minimum atomic E-state index is -1.31. The van der Waals surface area contributed by atoms with Crippen LogP contribution in [0.1, 0.15) is 17.2 Å². The molecular formula is C20H19N3O5. The van der Waals surface area contributed by atoms with E-state index in [0.717, 1.165) is 11.3 Å². The van der Waals surface area contributed by atoms with E-state index in [1.165, 1.54) is 19.0 Å². The highest BCUT2D eigenvalue weighted by atomic mass is 16.5. The molecule has 0 saturated heterocycles. The van der Waals surface area contributed by atoms with Crippen LogP contribution in [0, 0.1) is 0 Å². The number of rotatable bonds is 6. The van der Waals surface area contributed by atoms with E-state index in [9.17, 15) is 9.59 Å². The van der Waals surface area contributed by atoms with Crippen LogP contribution >= 0.6 is 0 Å². The van der Waals surface area contributed by atoms with Gasteiger partial charge in [-0.15, -0.1) is 0 Å². The van der Waals surface area contributed by atoms with Crippen LogP contribution in [0.5, 0.6) is 5.75 Å². The van der Waals surface area contributed by atoms with Gasteiger partial charge in [-0.25, -0.2) is 0 Å². The van der Waals surface area contributed by atoms with Crippen molar-refractivity contribution in [2.45, 2.75) is 5.92 Å². The fraction of sp³-hybridized carbons (Fsp3) is 0.200. The van der Waals surface area contributed by atoms with Crippen LogP contribution in [0.2, 0.25) is 0 Å². The lowest BCUT2D eigenvalue weighted by molar-refractivity contribution is -0.154. The van der Waals surface area contributed by atoms with Crippen LogP contribution in [0.4, 0.5) is 0 Å². The molecule has 8 nitrogen and oxygen atoms in total. The van der Waals surface area contributed by atoms with E-state index in [0.29, 0.717) is 10.9 Å². The predicted molar refractivity (Wildman–Crippen MR) is 102 cm³/mol. The van der Waals surface area contributed by atoms with E-state index >= 15 is 0 Å². The first-order chi connectivity index (χ1) is 13.6. The second-order valence-corrected chi connectivity index (χ2v) is 5.79. The molecule has 0 atom stereocenters. The number of hydrogen-bond acceptors (Lipinski definition) is 7. The van der Waals surface area contributed by atoms with Crippen LogP contribution in [-0.2, 0) is 19.1 Å². The monoisotopic (exact) mass is 381 g/mol. The Hall–Kier alpha value is -3.68. The van der Waals surface area contributed by atoms with Gasteiger partial charge in [-0.05, 0) is 35.9 Å². The van der Waals surface area contributed by atoms with Gasteiger partial charge in [0.25, 0.3) is 0 Å². The zero-order valence-electron chi connectivity index (χ0n) is 15.7. The van der Waals surface area contributed by atoms with E-state index in [4.69, 9.17) is 14.2 Å². The summed E-state index contributed by atoms with van der Waals surface area (Å²) in [5.41, 5.74) is 1.65. The molecule has 3 aromatic rings. The Kier molecular flexibility index (Phi) is 5.69. The summed E-state index contributed by atoms with van der Waals surface area (Å²) in [6.07, 6.45) is 1.57. The number of ether oxygens (including phenoxy) is 3. The standard InChI is InChI=1S/C20H19N3O5/c1-26-14-10-8-13(9-11-14)12-21-23-18(15-6-4-5-7-16(15)22-23)17(19(24)27-2)20(25)28-3/h4-12,17H,1-3H3. The largest absolute Gasteiger partial charge is 0.497 e. The highest BCUT2D eigenvalue weighted by Crippen LogP contribution is 2.28. The molecule has 1 heterocycles. The van der Waals surface area contributed by atoms with Crippen LogP contribution in [-0.4, -0.2) is 49.4 Å². The molecule has 0 aliphatic heterocycles. The average Bonchev–Trinajstić information content (AvgIpc) is 3.10. The fourth-order valence-corrected chi connectivity index (χ4v) is 2.77. The summed E-state index contributed by atoms with van der Waals surface area (Å²) in [6.45, 7) is 0. The number of carbonyl (C=O) groups is 2. The van der Waals surface area contributed by atoms with Crippen molar-refractivity contribution in [3.8, 4) is 5.75 Å². The van der Waals surface area contributed by atoms with Crippen LogP contribution in [0.25, 0.3) is 10.9 Å². The maximum absolute atomic E-state index is 12.3. The van der Waals surface area contributed by atoms with E-state index in [2.05, 4.69) is 10.2 Å².